The minimum atomic E-state index is -0.251. The lowest BCUT2D eigenvalue weighted by Gasteiger charge is -2.11. The van der Waals surface area contributed by atoms with Gasteiger partial charge in [-0.15, -0.1) is 10.2 Å². The van der Waals surface area contributed by atoms with Gasteiger partial charge in [0.2, 0.25) is 0 Å². The van der Waals surface area contributed by atoms with Crippen LogP contribution in [0, 0.1) is 0 Å². The summed E-state index contributed by atoms with van der Waals surface area (Å²) in [4.78, 5) is 17.1. The first-order valence-corrected chi connectivity index (χ1v) is 9.26. The van der Waals surface area contributed by atoms with Crippen molar-refractivity contribution in [2.75, 3.05) is 11.9 Å². The first-order chi connectivity index (χ1) is 14.2. The number of amides is 1. The normalized spacial score (nSPS) is 10.7. The molecule has 2 N–H and O–H groups in total. The van der Waals surface area contributed by atoms with Crippen LogP contribution in [0.25, 0.3) is 5.65 Å². The number of ether oxygens (including phenoxy) is 1. The van der Waals surface area contributed by atoms with Crippen LogP contribution in [0.2, 0.25) is 0 Å². The standard InChI is InChI=1S/C21H20N6O2/c1-2-29-16-10-8-15(9-11-16)24-20-17(6-5-12-22-20)21(28)23-14-19-26-25-18-7-3-4-13-27(18)19/h3-13H,2,14H2,1H3,(H,22,24)(H,23,28). The fourth-order valence-electron chi connectivity index (χ4n) is 2.89. The molecule has 146 valence electrons. The Labute approximate surface area is 167 Å². The lowest BCUT2D eigenvalue weighted by molar-refractivity contribution is 0.0950. The number of rotatable bonds is 7. The predicted octanol–water partition coefficient (Wildman–Crippen LogP) is 3.20. The fourth-order valence-corrected chi connectivity index (χ4v) is 2.89. The lowest BCUT2D eigenvalue weighted by atomic mass is 10.2. The summed E-state index contributed by atoms with van der Waals surface area (Å²) in [6, 6.07) is 16.6. The molecule has 8 nitrogen and oxygen atoms in total. The Bertz CT molecular complexity index is 1120. The molecule has 0 bridgehead atoms. The van der Waals surface area contributed by atoms with Crippen LogP contribution in [0.3, 0.4) is 0 Å². The van der Waals surface area contributed by atoms with Gasteiger partial charge in [-0.2, -0.15) is 0 Å². The highest BCUT2D eigenvalue weighted by Crippen LogP contribution is 2.21. The molecular formula is C21H20N6O2. The quantitative estimate of drug-likeness (QED) is 0.505. The average Bonchev–Trinajstić information content (AvgIpc) is 3.17. The Hall–Kier alpha value is -3.94. The molecule has 0 atom stereocenters. The molecule has 0 saturated carbocycles. The van der Waals surface area contributed by atoms with Crippen LogP contribution in [-0.2, 0) is 6.54 Å². The van der Waals surface area contributed by atoms with Gasteiger partial charge in [0.15, 0.2) is 11.5 Å². The highest BCUT2D eigenvalue weighted by atomic mass is 16.5. The van der Waals surface area contributed by atoms with Crippen molar-refractivity contribution < 1.29 is 9.53 Å². The molecule has 0 spiro atoms. The minimum absolute atomic E-state index is 0.251. The number of nitrogens with one attached hydrogen (secondary N) is 2. The number of anilines is 2. The first-order valence-electron chi connectivity index (χ1n) is 9.26. The summed E-state index contributed by atoms with van der Waals surface area (Å²) in [7, 11) is 0. The van der Waals surface area contributed by atoms with Crippen molar-refractivity contribution >= 4 is 23.1 Å². The van der Waals surface area contributed by atoms with E-state index in [0.29, 0.717) is 23.8 Å². The van der Waals surface area contributed by atoms with E-state index >= 15 is 0 Å². The van der Waals surface area contributed by atoms with E-state index in [9.17, 15) is 4.79 Å². The van der Waals surface area contributed by atoms with Gasteiger partial charge in [0, 0.05) is 18.1 Å². The molecule has 0 aliphatic rings. The SMILES string of the molecule is CCOc1ccc(Nc2ncccc2C(=O)NCc2nnc3ccccn23)cc1. The highest BCUT2D eigenvalue weighted by molar-refractivity contribution is 5.99. The van der Waals surface area contributed by atoms with Crippen LogP contribution >= 0.6 is 0 Å². The molecule has 0 fully saturated rings. The van der Waals surface area contributed by atoms with E-state index in [4.69, 9.17) is 4.74 Å². The Morgan fingerprint density at radius 1 is 1.07 bits per heavy atom. The molecule has 0 aliphatic heterocycles. The van der Waals surface area contributed by atoms with Gasteiger partial charge in [0.25, 0.3) is 5.91 Å². The number of nitrogens with zero attached hydrogens (tertiary/aromatic N) is 4. The van der Waals surface area contributed by atoms with Gasteiger partial charge in [0.1, 0.15) is 11.6 Å². The molecule has 0 aliphatic carbocycles. The second-order valence-corrected chi connectivity index (χ2v) is 6.21. The van der Waals surface area contributed by atoms with Crippen LogP contribution in [0.15, 0.2) is 67.0 Å². The Morgan fingerprint density at radius 3 is 2.76 bits per heavy atom. The second-order valence-electron chi connectivity index (χ2n) is 6.21. The van der Waals surface area contributed by atoms with Crippen LogP contribution in [0.5, 0.6) is 5.75 Å². The third-order valence-electron chi connectivity index (χ3n) is 4.27. The lowest BCUT2D eigenvalue weighted by Crippen LogP contribution is -2.25. The molecule has 1 amide bonds. The van der Waals surface area contributed by atoms with E-state index in [1.165, 1.54) is 0 Å². The van der Waals surface area contributed by atoms with Crippen molar-refractivity contribution in [1.29, 1.82) is 0 Å². The summed E-state index contributed by atoms with van der Waals surface area (Å²) in [5.41, 5.74) is 1.98. The van der Waals surface area contributed by atoms with Crippen LogP contribution in [-0.4, -0.2) is 32.1 Å². The van der Waals surface area contributed by atoms with Crippen LogP contribution in [0.4, 0.5) is 11.5 Å². The van der Waals surface area contributed by atoms with E-state index in [-0.39, 0.29) is 12.5 Å². The Balaban J connectivity index is 1.47. The predicted molar refractivity (Wildman–Crippen MR) is 109 cm³/mol. The molecule has 0 saturated heterocycles. The zero-order valence-electron chi connectivity index (χ0n) is 15.9. The smallest absolute Gasteiger partial charge is 0.255 e. The Morgan fingerprint density at radius 2 is 1.93 bits per heavy atom. The van der Waals surface area contributed by atoms with Gasteiger partial charge < -0.3 is 15.4 Å². The number of hydrogen-bond acceptors (Lipinski definition) is 6. The molecule has 4 rings (SSSR count). The average molecular weight is 388 g/mol. The van der Waals surface area contributed by atoms with Crippen molar-refractivity contribution in [2.24, 2.45) is 0 Å². The topological polar surface area (TPSA) is 93.4 Å². The summed E-state index contributed by atoms with van der Waals surface area (Å²) < 4.78 is 7.29. The van der Waals surface area contributed by atoms with E-state index in [1.54, 1.807) is 18.3 Å². The molecule has 0 unspecified atom stereocenters. The van der Waals surface area contributed by atoms with Crippen molar-refractivity contribution in [3.63, 3.8) is 0 Å². The number of hydrogen-bond donors (Lipinski definition) is 2. The summed E-state index contributed by atoms with van der Waals surface area (Å²) in [6.45, 7) is 2.80. The van der Waals surface area contributed by atoms with Gasteiger partial charge in [-0.05, 0) is 55.5 Å². The third kappa shape index (κ3) is 4.16. The van der Waals surface area contributed by atoms with Gasteiger partial charge in [-0.25, -0.2) is 4.98 Å². The molecule has 29 heavy (non-hydrogen) atoms. The van der Waals surface area contributed by atoms with Crippen molar-refractivity contribution in [2.45, 2.75) is 13.5 Å². The van der Waals surface area contributed by atoms with Crippen LogP contribution in [0.1, 0.15) is 23.1 Å². The Kier molecular flexibility index (Phi) is 5.33. The minimum Gasteiger partial charge on any atom is -0.494 e. The largest absolute Gasteiger partial charge is 0.494 e. The molecule has 8 heteroatoms. The number of carbonyl (C=O) groups is 1. The van der Waals surface area contributed by atoms with E-state index in [2.05, 4.69) is 25.8 Å². The second kappa shape index (κ2) is 8.39. The zero-order valence-corrected chi connectivity index (χ0v) is 15.9. The number of carbonyl (C=O) groups excluding carboxylic acids is 1. The number of aromatic nitrogens is 4. The van der Waals surface area contributed by atoms with Crippen LogP contribution < -0.4 is 15.4 Å². The maximum Gasteiger partial charge on any atom is 0.255 e. The maximum absolute atomic E-state index is 12.8. The summed E-state index contributed by atoms with van der Waals surface area (Å²) in [6.07, 6.45) is 3.50. The first kappa shape index (κ1) is 18.4. The molecule has 3 aromatic heterocycles. The number of fused-ring (bicyclic) bond motifs is 1. The van der Waals surface area contributed by atoms with Gasteiger partial charge >= 0.3 is 0 Å². The highest BCUT2D eigenvalue weighted by Gasteiger charge is 2.14. The third-order valence-corrected chi connectivity index (χ3v) is 4.27. The number of pyridine rings is 2. The zero-order chi connectivity index (χ0) is 20.1. The summed E-state index contributed by atoms with van der Waals surface area (Å²) >= 11 is 0. The molecular weight excluding hydrogens is 368 g/mol. The van der Waals surface area contributed by atoms with E-state index in [0.717, 1.165) is 17.1 Å². The van der Waals surface area contributed by atoms with E-state index in [1.807, 2.05) is 60.0 Å². The van der Waals surface area contributed by atoms with Crippen molar-refractivity contribution in [1.82, 2.24) is 24.9 Å². The van der Waals surface area contributed by atoms with Gasteiger partial charge in [-0.1, -0.05) is 6.07 Å². The van der Waals surface area contributed by atoms with Gasteiger partial charge in [0.05, 0.1) is 18.7 Å². The van der Waals surface area contributed by atoms with Gasteiger partial charge in [-0.3, -0.25) is 9.20 Å². The summed E-state index contributed by atoms with van der Waals surface area (Å²) in [5, 5.41) is 14.3. The maximum atomic E-state index is 12.8. The monoisotopic (exact) mass is 388 g/mol. The molecule has 3 heterocycles. The van der Waals surface area contributed by atoms with Crippen molar-refractivity contribution in [3.8, 4) is 5.75 Å². The molecule has 4 aromatic rings. The molecule has 0 radical (unpaired) electrons. The van der Waals surface area contributed by atoms with E-state index < -0.39 is 0 Å². The van der Waals surface area contributed by atoms with Crippen molar-refractivity contribution in [3.05, 3.63) is 78.4 Å². The number of benzene rings is 1. The molecule has 1 aromatic carbocycles. The summed E-state index contributed by atoms with van der Waals surface area (Å²) in [5.74, 6) is 1.66. The fraction of sp³-hybridized carbons (Fsp3) is 0.143.